The monoisotopic (exact) mass is 388 g/mol. The first-order valence-electron chi connectivity index (χ1n) is 9.28. The molecule has 0 bridgehead atoms. The molecule has 0 aliphatic heterocycles. The summed E-state index contributed by atoms with van der Waals surface area (Å²) in [5.74, 6) is 0.0801. The lowest BCUT2D eigenvalue weighted by Gasteiger charge is -2.17. The SMILES string of the molecule is O=C(CNC(=O)c1ccco1)N[C@@H](Cc1ccccc1)c1nc2ccccc2[nH]1. The van der Waals surface area contributed by atoms with Crippen LogP contribution in [0.1, 0.15) is 28.0 Å². The van der Waals surface area contributed by atoms with Crippen molar-refractivity contribution >= 4 is 22.8 Å². The maximum Gasteiger partial charge on any atom is 0.287 e. The van der Waals surface area contributed by atoms with E-state index in [1.165, 1.54) is 6.26 Å². The van der Waals surface area contributed by atoms with E-state index in [1.54, 1.807) is 12.1 Å². The standard InChI is InChI=1S/C22H20N4O3/c27-20(14-23-22(28)19-11-6-12-29-19)24-18(13-15-7-2-1-3-8-15)21-25-16-9-4-5-10-17(16)26-21/h1-12,18H,13-14H2,(H,23,28)(H,24,27)(H,25,26)/t18-/m0/s1. The third kappa shape index (κ3) is 4.52. The summed E-state index contributed by atoms with van der Waals surface area (Å²) in [4.78, 5) is 32.4. The first kappa shape index (κ1) is 18.5. The summed E-state index contributed by atoms with van der Waals surface area (Å²) >= 11 is 0. The topological polar surface area (TPSA) is 100 Å². The van der Waals surface area contributed by atoms with Crippen molar-refractivity contribution in [1.82, 2.24) is 20.6 Å². The first-order chi connectivity index (χ1) is 14.2. The lowest BCUT2D eigenvalue weighted by Crippen LogP contribution is -2.39. The third-order valence-corrected chi connectivity index (χ3v) is 4.51. The number of hydrogen-bond acceptors (Lipinski definition) is 4. The number of amides is 2. The summed E-state index contributed by atoms with van der Waals surface area (Å²) in [6, 6.07) is 20.4. The molecule has 0 unspecified atom stereocenters. The molecule has 4 rings (SSSR count). The molecule has 2 aromatic carbocycles. The second kappa shape index (κ2) is 8.43. The van der Waals surface area contributed by atoms with Gasteiger partial charge in [0.05, 0.1) is 29.9 Å². The summed E-state index contributed by atoms with van der Waals surface area (Å²) in [5.41, 5.74) is 2.81. The van der Waals surface area contributed by atoms with Gasteiger partial charge in [0, 0.05) is 0 Å². The normalized spacial score (nSPS) is 11.9. The lowest BCUT2D eigenvalue weighted by atomic mass is 10.1. The Hall–Kier alpha value is -3.87. The van der Waals surface area contributed by atoms with Crippen molar-refractivity contribution in [2.75, 3.05) is 6.54 Å². The van der Waals surface area contributed by atoms with Gasteiger partial charge in [-0.1, -0.05) is 42.5 Å². The van der Waals surface area contributed by atoms with Crippen LogP contribution in [0.2, 0.25) is 0 Å². The maximum absolute atomic E-state index is 12.5. The van der Waals surface area contributed by atoms with Crippen LogP contribution in [0.25, 0.3) is 11.0 Å². The predicted octanol–water partition coefficient (Wildman–Crippen LogP) is 2.99. The molecule has 3 N–H and O–H groups in total. The van der Waals surface area contributed by atoms with E-state index in [9.17, 15) is 9.59 Å². The van der Waals surface area contributed by atoms with E-state index >= 15 is 0 Å². The van der Waals surface area contributed by atoms with Gasteiger partial charge in [-0.05, 0) is 36.2 Å². The van der Waals surface area contributed by atoms with Crippen LogP contribution < -0.4 is 10.6 Å². The van der Waals surface area contributed by atoms with Crippen LogP contribution >= 0.6 is 0 Å². The Labute approximate surface area is 167 Å². The second-order valence-electron chi connectivity index (χ2n) is 6.61. The number of furan rings is 1. The largest absolute Gasteiger partial charge is 0.459 e. The average molecular weight is 388 g/mol. The van der Waals surface area contributed by atoms with Crippen LogP contribution in [0, 0.1) is 0 Å². The summed E-state index contributed by atoms with van der Waals surface area (Å²) < 4.78 is 5.03. The number of aromatic nitrogens is 2. The Morgan fingerprint density at radius 3 is 2.55 bits per heavy atom. The van der Waals surface area contributed by atoms with Crippen LogP contribution in [0.5, 0.6) is 0 Å². The van der Waals surface area contributed by atoms with Crippen molar-refractivity contribution in [2.24, 2.45) is 0 Å². The van der Waals surface area contributed by atoms with Crippen LogP contribution in [0.3, 0.4) is 0 Å². The summed E-state index contributed by atoms with van der Waals surface area (Å²) in [7, 11) is 0. The smallest absolute Gasteiger partial charge is 0.287 e. The third-order valence-electron chi connectivity index (χ3n) is 4.51. The molecule has 0 fully saturated rings. The molecule has 0 aliphatic rings. The zero-order valence-corrected chi connectivity index (χ0v) is 15.6. The molecule has 0 saturated carbocycles. The van der Waals surface area contributed by atoms with Crippen LogP contribution in [0.4, 0.5) is 0 Å². The van der Waals surface area contributed by atoms with Crippen LogP contribution in [0.15, 0.2) is 77.4 Å². The molecule has 4 aromatic rings. The highest BCUT2D eigenvalue weighted by atomic mass is 16.3. The number of hydrogen-bond donors (Lipinski definition) is 3. The molecule has 2 aromatic heterocycles. The molecule has 7 heteroatoms. The number of aromatic amines is 1. The Balaban J connectivity index is 1.48. The van der Waals surface area contributed by atoms with Gasteiger partial charge in [-0.2, -0.15) is 0 Å². The zero-order chi connectivity index (χ0) is 20.1. The molecule has 1 atom stereocenters. The summed E-state index contributed by atoms with van der Waals surface area (Å²) in [6.07, 6.45) is 1.98. The molecule has 146 valence electrons. The molecule has 0 spiro atoms. The number of imidazole rings is 1. The van der Waals surface area contributed by atoms with E-state index in [1.807, 2.05) is 54.6 Å². The molecule has 0 aliphatic carbocycles. The van der Waals surface area contributed by atoms with E-state index < -0.39 is 5.91 Å². The van der Waals surface area contributed by atoms with Gasteiger partial charge in [-0.25, -0.2) is 4.98 Å². The second-order valence-corrected chi connectivity index (χ2v) is 6.61. The Kier molecular flexibility index (Phi) is 5.38. The molecule has 29 heavy (non-hydrogen) atoms. The molecule has 7 nitrogen and oxygen atoms in total. The van der Waals surface area contributed by atoms with Gasteiger partial charge in [0.25, 0.3) is 5.91 Å². The molecular weight excluding hydrogens is 368 g/mol. The zero-order valence-electron chi connectivity index (χ0n) is 15.6. The molecule has 2 heterocycles. The highest BCUT2D eigenvalue weighted by Gasteiger charge is 2.20. The van der Waals surface area contributed by atoms with E-state index in [4.69, 9.17) is 4.42 Å². The fourth-order valence-electron chi connectivity index (χ4n) is 3.10. The van der Waals surface area contributed by atoms with Crippen molar-refractivity contribution < 1.29 is 14.0 Å². The number of para-hydroxylation sites is 2. The van der Waals surface area contributed by atoms with Gasteiger partial charge in [0.15, 0.2) is 5.76 Å². The lowest BCUT2D eigenvalue weighted by molar-refractivity contribution is -0.120. The minimum absolute atomic E-state index is 0.162. The fraction of sp³-hybridized carbons (Fsp3) is 0.136. The number of fused-ring (bicyclic) bond motifs is 1. The minimum atomic E-state index is -0.437. The van der Waals surface area contributed by atoms with Gasteiger partial charge in [-0.15, -0.1) is 0 Å². The van der Waals surface area contributed by atoms with Gasteiger partial charge in [0.1, 0.15) is 5.82 Å². The molecular formula is C22H20N4O3. The quantitative estimate of drug-likeness (QED) is 0.453. The van der Waals surface area contributed by atoms with Crippen LogP contribution in [-0.4, -0.2) is 28.3 Å². The number of nitrogens with one attached hydrogen (secondary N) is 3. The highest BCUT2D eigenvalue weighted by Crippen LogP contribution is 2.19. The van der Waals surface area contributed by atoms with Gasteiger partial charge in [-0.3, -0.25) is 9.59 Å². The van der Waals surface area contributed by atoms with E-state index in [2.05, 4.69) is 20.6 Å². The van der Waals surface area contributed by atoms with Crippen molar-refractivity contribution in [3.8, 4) is 0 Å². The molecule has 0 radical (unpaired) electrons. The number of H-pyrrole nitrogens is 1. The number of carbonyl (C=O) groups is 2. The van der Waals surface area contributed by atoms with Crippen LogP contribution in [-0.2, 0) is 11.2 Å². The van der Waals surface area contributed by atoms with Crippen molar-refractivity contribution in [1.29, 1.82) is 0 Å². The fourth-order valence-corrected chi connectivity index (χ4v) is 3.10. The van der Waals surface area contributed by atoms with Crippen molar-refractivity contribution in [3.63, 3.8) is 0 Å². The van der Waals surface area contributed by atoms with Crippen molar-refractivity contribution in [2.45, 2.75) is 12.5 Å². The molecule has 0 saturated heterocycles. The Morgan fingerprint density at radius 2 is 1.79 bits per heavy atom. The van der Waals surface area contributed by atoms with Gasteiger partial charge in [0.2, 0.25) is 5.91 Å². The predicted molar refractivity (Wildman–Crippen MR) is 108 cm³/mol. The maximum atomic E-state index is 12.5. The van der Waals surface area contributed by atoms with E-state index in [-0.39, 0.29) is 24.3 Å². The minimum Gasteiger partial charge on any atom is -0.459 e. The Morgan fingerprint density at radius 1 is 1.00 bits per heavy atom. The Bertz CT molecular complexity index is 1070. The van der Waals surface area contributed by atoms with Gasteiger partial charge < -0.3 is 20.0 Å². The van der Waals surface area contributed by atoms with Gasteiger partial charge >= 0.3 is 0 Å². The first-order valence-corrected chi connectivity index (χ1v) is 9.28. The van der Waals surface area contributed by atoms with Crippen molar-refractivity contribution in [3.05, 3.63) is 90.1 Å². The number of rotatable bonds is 7. The average Bonchev–Trinajstić information content (AvgIpc) is 3.42. The molecule has 2 amide bonds. The number of nitrogens with zero attached hydrogens (tertiary/aromatic N) is 1. The summed E-state index contributed by atoms with van der Waals surface area (Å²) in [5, 5.41) is 5.52. The number of benzene rings is 2. The summed E-state index contributed by atoms with van der Waals surface area (Å²) in [6.45, 7) is -0.162. The number of carbonyl (C=O) groups excluding carboxylic acids is 2. The highest BCUT2D eigenvalue weighted by molar-refractivity contribution is 5.94. The van der Waals surface area contributed by atoms with E-state index in [0.29, 0.717) is 12.2 Å². The van der Waals surface area contributed by atoms with E-state index in [0.717, 1.165) is 16.6 Å².